The zero-order valence-corrected chi connectivity index (χ0v) is 28.5. The predicted octanol–water partition coefficient (Wildman–Crippen LogP) is 12.7. The number of anilines is 2. The van der Waals surface area contributed by atoms with Gasteiger partial charge in [0.15, 0.2) is 0 Å². The van der Waals surface area contributed by atoms with Crippen molar-refractivity contribution in [3.05, 3.63) is 204 Å². The maximum atomic E-state index is 2.35. The lowest BCUT2D eigenvalue weighted by Crippen LogP contribution is -2.15. The van der Waals surface area contributed by atoms with Gasteiger partial charge in [0.25, 0.3) is 0 Å². The molecule has 3 aliphatic rings. The first kappa shape index (κ1) is 30.7. The zero-order chi connectivity index (χ0) is 33.4. The standard InChI is InChI=1S/C28H25N.C20H16/c1-28(2)26-12-8-7-11-24(26)25-19-23(17-18-27(25)28)29(3)22-15-13-21(14-16-22)20-9-5-4-6-10-20;1-2-4-10-15(9-3-1)20-18-13-7-5-11-16(18)17-12-6-8-14-19(17)20/h4-19H,1-3H3;1-3,5-14,20H,4H2. The van der Waals surface area contributed by atoms with E-state index in [0.717, 1.165) is 6.42 Å². The Morgan fingerprint density at radius 2 is 1.10 bits per heavy atom. The lowest BCUT2D eigenvalue weighted by molar-refractivity contribution is 0.660. The van der Waals surface area contributed by atoms with Crippen molar-refractivity contribution in [3.8, 4) is 33.4 Å². The average molecular weight is 632 g/mol. The fourth-order valence-corrected chi connectivity index (χ4v) is 7.90. The van der Waals surface area contributed by atoms with Gasteiger partial charge in [0.2, 0.25) is 0 Å². The van der Waals surface area contributed by atoms with E-state index in [2.05, 4.69) is 202 Å². The molecule has 0 aliphatic heterocycles. The van der Waals surface area contributed by atoms with Crippen LogP contribution >= 0.6 is 0 Å². The van der Waals surface area contributed by atoms with Crippen LogP contribution in [-0.2, 0) is 5.41 Å². The highest BCUT2D eigenvalue weighted by Gasteiger charge is 2.35. The molecule has 0 radical (unpaired) electrons. The van der Waals surface area contributed by atoms with Gasteiger partial charge in [0.1, 0.15) is 0 Å². The van der Waals surface area contributed by atoms with Crippen LogP contribution in [0.25, 0.3) is 33.4 Å². The molecule has 0 saturated heterocycles. The molecule has 0 spiro atoms. The smallest absolute Gasteiger partial charge is 0.0414 e. The van der Waals surface area contributed by atoms with Crippen LogP contribution in [0, 0.1) is 0 Å². The van der Waals surface area contributed by atoms with E-state index in [4.69, 9.17) is 0 Å². The highest BCUT2D eigenvalue weighted by Crippen LogP contribution is 2.50. The van der Waals surface area contributed by atoms with Crippen molar-refractivity contribution in [3.63, 3.8) is 0 Å². The van der Waals surface area contributed by atoms with E-state index >= 15 is 0 Å². The first-order valence-electron chi connectivity index (χ1n) is 17.4. The lowest BCUT2D eigenvalue weighted by atomic mass is 9.82. The molecular weight excluding hydrogens is 591 g/mol. The second-order valence-electron chi connectivity index (χ2n) is 13.7. The first-order chi connectivity index (χ1) is 24.0. The number of allylic oxidation sites excluding steroid dienone is 6. The van der Waals surface area contributed by atoms with E-state index in [0.29, 0.717) is 5.92 Å². The van der Waals surface area contributed by atoms with Crippen molar-refractivity contribution in [1.29, 1.82) is 0 Å². The van der Waals surface area contributed by atoms with E-state index < -0.39 is 0 Å². The molecule has 0 aromatic heterocycles. The molecule has 49 heavy (non-hydrogen) atoms. The SMILES string of the molecule is C1=CCC=C(C2c3ccccc3-c3ccccc32)C=C1.CN(c1ccc(-c2ccccc2)cc1)c1ccc2c(c1)-c1ccccc1C2(C)C. The Kier molecular flexibility index (Phi) is 7.98. The summed E-state index contributed by atoms with van der Waals surface area (Å²) in [5, 5.41) is 0. The Hall–Kier alpha value is -5.66. The normalized spacial score (nSPS) is 14.8. The number of hydrogen-bond donors (Lipinski definition) is 0. The summed E-state index contributed by atoms with van der Waals surface area (Å²) in [5.74, 6) is 0.388. The summed E-state index contributed by atoms with van der Waals surface area (Å²) < 4.78 is 0. The molecule has 0 saturated carbocycles. The summed E-state index contributed by atoms with van der Waals surface area (Å²) >= 11 is 0. The summed E-state index contributed by atoms with van der Waals surface area (Å²) in [6, 6.07) is 52.6. The first-order valence-corrected chi connectivity index (χ1v) is 17.4. The van der Waals surface area contributed by atoms with E-state index in [1.807, 2.05) is 0 Å². The second-order valence-corrected chi connectivity index (χ2v) is 13.7. The van der Waals surface area contributed by atoms with Gasteiger partial charge in [-0.2, -0.15) is 0 Å². The van der Waals surface area contributed by atoms with E-state index in [-0.39, 0.29) is 5.41 Å². The van der Waals surface area contributed by atoms with Crippen LogP contribution in [-0.4, -0.2) is 7.05 Å². The van der Waals surface area contributed by atoms with Gasteiger partial charge in [0.05, 0.1) is 0 Å². The quantitative estimate of drug-likeness (QED) is 0.187. The molecular formula is C48H41N. The monoisotopic (exact) mass is 631 g/mol. The highest BCUT2D eigenvalue weighted by atomic mass is 15.1. The maximum Gasteiger partial charge on any atom is 0.0414 e. The van der Waals surface area contributed by atoms with E-state index in [9.17, 15) is 0 Å². The second kappa shape index (κ2) is 12.7. The van der Waals surface area contributed by atoms with Gasteiger partial charge >= 0.3 is 0 Å². The molecule has 9 rings (SSSR count). The summed E-state index contributed by atoms with van der Waals surface area (Å²) in [4.78, 5) is 2.27. The third-order valence-electron chi connectivity index (χ3n) is 10.5. The number of benzene rings is 6. The van der Waals surface area contributed by atoms with Gasteiger partial charge < -0.3 is 4.90 Å². The topological polar surface area (TPSA) is 3.24 Å². The van der Waals surface area contributed by atoms with Crippen LogP contribution < -0.4 is 4.90 Å². The van der Waals surface area contributed by atoms with Gasteiger partial charge in [-0.15, -0.1) is 0 Å². The Morgan fingerprint density at radius 1 is 0.531 bits per heavy atom. The van der Waals surface area contributed by atoms with E-state index in [1.54, 1.807) is 0 Å². The molecule has 1 nitrogen and oxygen atoms in total. The van der Waals surface area contributed by atoms with Gasteiger partial charge in [-0.3, -0.25) is 0 Å². The molecule has 1 heteroatoms. The average Bonchev–Trinajstić information content (AvgIpc) is 3.43. The predicted molar refractivity (Wildman–Crippen MR) is 209 cm³/mol. The molecule has 0 unspecified atom stereocenters. The van der Waals surface area contributed by atoms with Crippen molar-refractivity contribution in [2.75, 3.05) is 11.9 Å². The number of hydrogen-bond acceptors (Lipinski definition) is 1. The molecule has 0 N–H and O–H groups in total. The van der Waals surface area contributed by atoms with Crippen LogP contribution in [0.1, 0.15) is 48.4 Å². The van der Waals surface area contributed by atoms with Crippen LogP contribution in [0.2, 0.25) is 0 Å². The molecule has 6 aromatic carbocycles. The zero-order valence-electron chi connectivity index (χ0n) is 28.5. The molecule has 0 fully saturated rings. The maximum absolute atomic E-state index is 2.35. The molecule has 3 aliphatic carbocycles. The highest BCUT2D eigenvalue weighted by molar-refractivity contribution is 5.84. The van der Waals surface area contributed by atoms with Gasteiger partial charge in [0, 0.05) is 29.8 Å². The number of nitrogens with zero attached hydrogens (tertiary/aromatic N) is 1. The molecule has 0 atom stereocenters. The van der Waals surface area contributed by atoms with Gasteiger partial charge in [-0.1, -0.05) is 166 Å². The Balaban J connectivity index is 0.000000152. The van der Waals surface area contributed by atoms with Crippen molar-refractivity contribution in [2.45, 2.75) is 31.6 Å². The lowest BCUT2D eigenvalue weighted by Gasteiger charge is -2.23. The fraction of sp³-hybridized carbons (Fsp3) is 0.125. The molecule has 0 amide bonds. The fourth-order valence-electron chi connectivity index (χ4n) is 7.90. The third-order valence-corrected chi connectivity index (χ3v) is 10.5. The van der Waals surface area contributed by atoms with E-state index in [1.165, 1.54) is 72.6 Å². The van der Waals surface area contributed by atoms with Crippen LogP contribution in [0.15, 0.2) is 182 Å². The van der Waals surface area contributed by atoms with Gasteiger partial charge in [-0.05, 0) is 91.9 Å². The molecule has 0 heterocycles. The third kappa shape index (κ3) is 5.56. The largest absolute Gasteiger partial charge is 0.345 e. The van der Waals surface area contributed by atoms with Gasteiger partial charge in [-0.25, -0.2) is 0 Å². The number of fused-ring (bicyclic) bond motifs is 6. The summed E-state index contributed by atoms with van der Waals surface area (Å²) in [5.41, 5.74) is 17.6. The molecule has 6 aromatic rings. The van der Waals surface area contributed by atoms with Crippen LogP contribution in [0.4, 0.5) is 11.4 Å². The summed E-state index contributed by atoms with van der Waals surface area (Å²) in [7, 11) is 2.14. The number of rotatable bonds is 4. The minimum absolute atomic E-state index is 0.0559. The molecule has 0 bridgehead atoms. The van der Waals surface area contributed by atoms with Crippen LogP contribution in [0.5, 0.6) is 0 Å². The summed E-state index contributed by atoms with van der Waals surface area (Å²) in [6.45, 7) is 4.65. The van der Waals surface area contributed by atoms with Crippen molar-refractivity contribution >= 4 is 11.4 Å². The Labute approximate surface area is 291 Å². The Bertz CT molecular complexity index is 2180. The van der Waals surface area contributed by atoms with Crippen molar-refractivity contribution in [2.24, 2.45) is 0 Å². The summed E-state index contributed by atoms with van der Waals surface area (Å²) in [6.07, 6.45) is 12.1. The van der Waals surface area contributed by atoms with Crippen molar-refractivity contribution in [1.82, 2.24) is 0 Å². The Morgan fingerprint density at radius 3 is 1.82 bits per heavy atom. The minimum atomic E-state index is 0.0559. The minimum Gasteiger partial charge on any atom is -0.345 e. The van der Waals surface area contributed by atoms with Crippen LogP contribution in [0.3, 0.4) is 0 Å². The van der Waals surface area contributed by atoms with Crippen molar-refractivity contribution < 1.29 is 0 Å². The molecule has 238 valence electrons.